The highest BCUT2D eigenvalue weighted by Crippen LogP contribution is 2.05. The van der Waals surface area contributed by atoms with Crippen LogP contribution in [0.5, 0.6) is 0 Å². The first-order chi connectivity index (χ1) is 8.99. The molecular weight excluding hydrogens is 268 g/mol. The quantitative estimate of drug-likeness (QED) is 0.691. The Morgan fingerprint density at radius 3 is 2.74 bits per heavy atom. The summed E-state index contributed by atoms with van der Waals surface area (Å²) in [5.41, 5.74) is 0.574. The van der Waals surface area contributed by atoms with Gasteiger partial charge in [0.1, 0.15) is 0 Å². The molecule has 0 saturated heterocycles. The second-order valence-corrected chi connectivity index (χ2v) is 4.86. The highest BCUT2D eigenvalue weighted by molar-refractivity contribution is 7.08. The fourth-order valence-corrected chi connectivity index (χ4v) is 2.08. The SMILES string of the molecule is CC(CC(=O)O)NC(=O)CCNC(=O)c1ccsc1. The number of rotatable bonds is 7. The second kappa shape index (κ2) is 7.52. The van der Waals surface area contributed by atoms with Crippen LogP contribution < -0.4 is 10.6 Å². The molecule has 0 radical (unpaired) electrons. The van der Waals surface area contributed by atoms with Crippen LogP contribution in [0.15, 0.2) is 16.8 Å². The van der Waals surface area contributed by atoms with E-state index < -0.39 is 12.0 Å². The van der Waals surface area contributed by atoms with Gasteiger partial charge in [0.25, 0.3) is 5.91 Å². The normalized spacial score (nSPS) is 11.6. The van der Waals surface area contributed by atoms with Gasteiger partial charge < -0.3 is 15.7 Å². The first-order valence-electron chi connectivity index (χ1n) is 5.80. The number of carboxylic acid groups (broad SMARTS) is 1. The van der Waals surface area contributed by atoms with Crippen LogP contribution in [0, 0.1) is 0 Å². The van der Waals surface area contributed by atoms with Crippen molar-refractivity contribution in [2.24, 2.45) is 0 Å². The van der Waals surface area contributed by atoms with Crippen LogP contribution >= 0.6 is 11.3 Å². The van der Waals surface area contributed by atoms with Gasteiger partial charge in [0.2, 0.25) is 5.91 Å². The molecule has 0 aromatic carbocycles. The van der Waals surface area contributed by atoms with E-state index in [9.17, 15) is 14.4 Å². The van der Waals surface area contributed by atoms with Crippen LogP contribution in [-0.4, -0.2) is 35.5 Å². The highest BCUT2D eigenvalue weighted by Gasteiger charge is 2.11. The minimum atomic E-state index is -0.960. The van der Waals surface area contributed by atoms with E-state index in [2.05, 4.69) is 10.6 Å². The van der Waals surface area contributed by atoms with E-state index in [-0.39, 0.29) is 31.2 Å². The van der Waals surface area contributed by atoms with Gasteiger partial charge in [-0.3, -0.25) is 14.4 Å². The van der Waals surface area contributed by atoms with Crippen molar-refractivity contribution in [2.45, 2.75) is 25.8 Å². The Labute approximate surface area is 114 Å². The lowest BCUT2D eigenvalue weighted by atomic mass is 10.2. The first kappa shape index (κ1) is 15.2. The molecule has 1 heterocycles. The Bertz CT molecular complexity index is 445. The maximum absolute atomic E-state index is 11.5. The van der Waals surface area contributed by atoms with E-state index in [4.69, 9.17) is 5.11 Å². The lowest BCUT2D eigenvalue weighted by Gasteiger charge is -2.11. The van der Waals surface area contributed by atoms with Gasteiger partial charge in [-0.15, -0.1) is 0 Å². The number of hydrogen-bond acceptors (Lipinski definition) is 4. The van der Waals surface area contributed by atoms with Crippen LogP contribution in [0.4, 0.5) is 0 Å². The van der Waals surface area contributed by atoms with Crippen molar-refractivity contribution in [2.75, 3.05) is 6.54 Å². The van der Waals surface area contributed by atoms with Gasteiger partial charge in [-0.25, -0.2) is 0 Å². The van der Waals surface area contributed by atoms with E-state index >= 15 is 0 Å². The molecule has 0 spiro atoms. The second-order valence-electron chi connectivity index (χ2n) is 4.08. The molecule has 3 N–H and O–H groups in total. The predicted octanol–water partition coefficient (Wildman–Crippen LogP) is 0.847. The van der Waals surface area contributed by atoms with Gasteiger partial charge >= 0.3 is 5.97 Å². The molecule has 1 rings (SSSR count). The molecule has 0 aliphatic carbocycles. The third-order valence-corrected chi connectivity index (χ3v) is 2.99. The van der Waals surface area contributed by atoms with Gasteiger partial charge in [0, 0.05) is 30.0 Å². The summed E-state index contributed by atoms with van der Waals surface area (Å²) in [5, 5.41) is 17.2. The van der Waals surface area contributed by atoms with Gasteiger partial charge in [-0.1, -0.05) is 0 Å². The Balaban J connectivity index is 2.20. The summed E-state index contributed by atoms with van der Waals surface area (Å²) in [6.07, 6.45) is 0.00678. The molecule has 104 valence electrons. The maximum Gasteiger partial charge on any atom is 0.305 e. The largest absolute Gasteiger partial charge is 0.481 e. The van der Waals surface area contributed by atoms with Crippen molar-refractivity contribution in [1.82, 2.24) is 10.6 Å². The van der Waals surface area contributed by atoms with Crippen molar-refractivity contribution in [1.29, 1.82) is 0 Å². The lowest BCUT2D eigenvalue weighted by molar-refractivity contribution is -0.137. The molecule has 1 aromatic heterocycles. The van der Waals surface area contributed by atoms with Crippen molar-refractivity contribution in [3.63, 3.8) is 0 Å². The number of thiophene rings is 1. The third kappa shape index (κ3) is 6.01. The summed E-state index contributed by atoms with van der Waals surface area (Å²) >= 11 is 1.43. The Morgan fingerprint density at radius 1 is 1.42 bits per heavy atom. The average molecular weight is 284 g/mol. The molecule has 6 nitrogen and oxygen atoms in total. The number of aliphatic carboxylic acids is 1. The number of amides is 2. The minimum absolute atomic E-state index is 0.118. The molecule has 0 saturated carbocycles. The van der Waals surface area contributed by atoms with Gasteiger partial charge in [0.05, 0.1) is 6.42 Å². The topological polar surface area (TPSA) is 95.5 Å². The molecule has 0 aliphatic heterocycles. The van der Waals surface area contributed by atoms with Crippen molar-refractivity contribution >= 4 is 29.1 Å². The zero-order chi connectivity index (χ0) is 14.3. The summed E-state index contributed by atoms with van der Waals surface area (Å²) < 4.78 is 0. The number of carbonyl (C=O) groups is 3. The molecule has 1 aromatic rings. The third-order valence-electron chi connectivity index (χ3n) is 2.31. The summed E-state index contributed by atoms with van der Waals surface area (Å²) in [4.78, 5) is 33.4. The zero-order valence-corrected chi connectivity index (χ0v) is 11.3. The lowest BCUT2D eigenvalue weighted by Crippen LogP contribution is -2.36. The number of nitrogens with one attached hydrogen (secondary N) is 2. The van der Waals surface area contributed by atoms with Gasteiger partial charge in [-0.05, 0) is 18.4 Å². The fraction of sp³-hybridized carbons (Fsp3) is 0.417. The molecule has 7 heteroatoms. The summed E-state index contributed by atoms with van der Waals surface area (Å²) in [6, 6.07) is 1.28. The Kier molecular flexibility index (Phi) is 6.01. The Hall–Kier alpha value is -1.89. The maximum atomic E-state index is 11.5. The van der Waals surface area contributed by atoms with E-state index in [0.717, 1.165) is 0 Å². The summed E-state index contributed by atoms with van der Waals surface area (Å²) in [7, 11) is 0. The van der Waals surface area contributed by atoms with Crippen molar-refractivity contribution in [3.8, 4) is 0 Å². The molecule has 1 unspecified atom stereocenters. The zero-order valence-electron chi connectivity index (χ0n) is 10.5. The number of hydrogen-bond donors (Lipinski definition) is 3. The monoisotopic (exact) mass is 284 g/mol. The Morgan fingerprint density at radius 2 is 2.16 bits per heavy atom. The standard InChI is InChI=1S/C12H16N2O4S/c1-8(6-11(16)17)14-10(15)2-4-13-12(18)9-3-5-19-7-9/h3,5,7-8H,2,4,6H2,1H3,(H,13,18)(H,14,15)(H,16,17). The van der Waals surface area contributed by atoms with Crippen LogP contribution in [-0.2, 0) is 9.59 Å². The first-order valence-corrected chi connectivity index (χ1v) is 6.75. The molecular formula is C12H16N2O4S. The molecule has 0 bridgehead atoms. The van der Waals surface area contributed by atoms with E-state index in [1.165, 1.54) is 11.3 Å². The van der Waals surface area contributed by atoms with Crippen LogP contribution in [0.2, 0.25) is 0 Å². The summed E-state index contributed by atoms with van der Waals surface area (Å²) in [5.74, 6) is -1.45. The van der Waals surface area contributed by atoms with Crippen molar-refractivity contribution < 1.29 is 19.5 Å². The van der Waals surface area contributed by atoms with Crippen LogP contribution in [0.25, 0.3) is 0 Å². The average Bonchev–Trinajstić information content (AvgIpc) is 2.80. The molecule has 1 atom stereocenters. The summed E-state index contributed by atoms with van der Waals surface area (Å²) in [6.45, 7) is 1.84. The number of carbonyl (C=O) groups excluding carboxylic acids is 2. The smallest absolute Gasteiger partial charge is 0.305 e. The highest BCUT2D eigenvalue weighted by atomic mass is 32.1. The molecule has 0 fully saturated rings. The predicted molar refractivity (Wildman–Crippen MR) is 71.1 cm³/mol. The van der Waals surface area contributed by atoms with E-state index in [0.29, 0.717) is 5.56 Å². The van der Waals surface area contributed by atoms with Crippen molar-refractivity contribution in [3.05, 3.63) is 22.4 Å². The molecule has 0 aliphatic rings. The van der Waals surface area contributed by atoms with E-state index in [1.54, 1.807) is 23.8 Å². The van der Waals surface area contributed by atoms with Gasteiger partial charge in [-0.2, -0.15) is 11.3 Å². The molecule has 2 amide bonds. The van der Waals surface area contributed by atoms with Crippen LogP contribution in [0.3, 0.4) is 0 Å². The van der Waals surface area contributed by atoms with Gasteiger partial charge in [0.15, 0.2) is 0 Å². The van der Waals surface area contributed by atoms with E-state index in [1.807, 2.05) is 0 Å². The fourth-order valence-electron chi connectivity index (χ4n) is 1.45. The molecule has 19 heavy (non-hydrogen) atoms. The number of carboxylic acids is 1. The minimum Gasteiger partial charge on any atom is -0.481 e. The van der Waals surface area contributed by atoms with Crippen LogP contribution in [0.1, 0.15) is 30.1 Å².